The van der Waals surface area contributed by atoms with E-state index in [1.54, 1.807) is 25.3 Å². The number of aryl methyl sites for hydroxylation is 2. The molecule has 2 nitrogen and oxygen atoms in total. The standard InChI is InChI=1S/C16H15ClO2/c1-10-4-6-13(17)9-14(10)16(18)12-5-7-15(19-3)11(2)8-12/h4-9H,1-3H3. The van der Waals surface area contributed by atoms with Gasteiger partial charge in [-0.2, -0.15) is 0 Å². The van der Waals surface area contributed by atoms with Crippen LogP contribution in [0.4, 0.5) is 0 Å². The fourth-order valence-corrected chi connectivity index (χ4v) is 2.19. The van der Waals surface area contributed by atoms with Crippen molar-refractivity contribution in [3.05, 3.63) is 63.7 Å². The lowest BCUT2D eigenvalue weighted by Gasteiger charge is -2.09. The SMILES string of the molecule is COc1ccc(C(=O)c2cc(Cl)ccc2C)cc1C. The Morgan fingerprint density at radius 3 is 2.42 bits per heavy atom. The van der Waals surface area contributed by atoms with Crippen LogP contribution in [0.1, 0.15) is 27.0 Å². The maximum atomic E-state index is 12.5. The molecular weight excluding hydrogens is 260 g/mol. The van der Waals surface area contributed by atoms with Crippen molar-refractivity contribution in [3.63, 3.8) is 0 Å². The van der Waals surface area contributed by atoms with Gasteiger partial charge >= 0.3 is 0 Å². The number of ketones is 1. The van der Waals surface area contributed by atoms with E-state index in [0.717, 1.165) is 16.9 Å². The number of ether oxygens (including phenoxy) is 1. The van der Waals surface area contributed by atoms with Crippen molar-refractivity contribution in [2.45, 2.75) is 13.8 Å². The number of hydrogen-bond acceptors (Lipinski definition) is 2. The molecule has 0 atom stereocenters. The van der Waals surface area contributed by atoms with Crippen molar-refractivity contribution >= 4 is 17.4 Å². The lowest BCUT2D eigenvalue weighted by Crippen LogP contribution is -2.04. The summed E-state index contributed by atoms with van der Waals surface area (Å²) in [6.45, 7) is 3.82. The van der Waals surface area contributed by atoms with E-state index in [-0.39, 0.29) is 5.78 Å². The largest absolute Gasteiger partial charge is 0.496 e. The predicted octanol–water partition coefficient (Wildman–Crippen LogP) is 4.20. The zero-order chi connectivity index (χ0) is 14.0. The summed E-state index contributed by atoms with van der Waals surface area (Å²) in [5.74, 6) is 0.755. The summed E-state index contributed by atoms with van der Waals surface area (Å²) in [6.07, 6.45) is 0. The summed E-state index contributed by atoms with van der Waals surface area (Å²) in [6, 6.07) is 10.8. The van der Waals surface area contributed by atoms with E-state index in [1.807, 2.05) is 32.0 Å². The van der Waals surface area contributed by atoms with Crippen LogP contribution in [-0.2, 0) is 0 Å². The van der Waals surface area contributed by atoms with Crippen LogP contribution in [0.2, 0.25) is 5.02 Å². The topological polar surface area (TPSA) is 26.3 Å². The van der Waals surface area contributed by atoms with Gasteiger partial charge in [-0.15, -0.1) is 0 Å². The first kappa shape index (κ1) is 13.6. The maximum absolute atomic E-state index is 12.5. The van der Waals surface area contributed by atoms with Crippen molar-refractivity contribution in [2.75, 3.05) is 7.11 Å². The molecule has 2 aromatic carbocycles. The number of benzene rings is 2. The van der Waals surface area contributed by atoms with Gasteiger partial charge in [0.1, 0.15) is 5.75 Å². The first-order chi connectivity index (χ1) is 9.02. The molecule has 3 heteroatoms. The van der Waals surface area contributed by atoms with Crippen LogP contribution in [0.25, 0.3) is 0 Å². The van der Waals surface area contributed by atoms with Gasteiger partial charge in [-0.25, -0.2) is 0 Å². The summed E-state index contributed by atoms with van der Waals surface area (Å²) in [5.41, 5.74) is 3.14. The lowest BCUT2D eigenvalue weighted by molar-refractivity contribution is 0.103. The molecule has 0 spiro atoms. The van der Waals surface area contributed by atoms with Gasteiger partial charge in [-0.1, -0.05) is 17.7 Å². The Morgan fingerprint density at radius 2 is 1.79 bits per heavy atom. The van der Waals surface area contributed by atoms with Crippen LogP contribution in [0, 0.1) is 13.8 Å². The zero-order valence-corrected chi connectivity index (χ0v) is 11.9. The van der Waals surface area contributed by atoms with Crippen molar-refractivity contribution in [3.8, 4) is 5.75 Å². The van der Waals surface area contributed by atoms with E-state index < -0.39 is 0 Å². The van der Waals surface area contributed by atoms with Gasteiger partial charge in [-0.3, -0.25) is 4.79 Å². The number of methoxy groups -OCH3 is 1. The average Bonchev–Trinajstić information content (AvgIpc) is 2.40. The van der Waals surface area contributed by atoms with E-state index >= 15 is 0 Å². The molecule has 0 fully saturated rings. The van der Waals surface area contributed by atoms with E-state index in [4.69, 9.17) is 16.3 Å². The number of carbonyl (C=O) groups is 1. The van der Waals surface area contributed by atoms with E-state index in [0.29, 0.717) is 16.1 Å². The summed E-state index contributed by atoms with van der Waals surface area (Å²) in [7, 11) is 1.62. The van der Waals surface area contributed by atoms with Crippen LogP contribution < -0.4 is 4.74 Å². The molecule has 2 rings (SSSR count). The monoisotopic (exact) mass is 274 g/mol. The molecular formula is C16H15ClO2. The first-order valence-corrected chi connectivity index (χ1v) is 6.36. The molecule has 0 unspecified atom stereocenters. The third-order valence-electron chi connectivity index (χ3n) is 3.10. The normalized spacial score (nSPS) is 10.3. The molecule has 98 valence electrons. The fourth-order valence-electron chi connectivity index (χ4n) is 2.01. The van der Waals surface area contributed by atoms with Crippen molar-refractivity contribution in [1.29, 1.82) is 0 Å². The minimum Gasteiger partial charge on any atom is -0.496 e. The minimum atomic E-state index is -0.0225. The molecule has 0 saturated carbocycles. The number of hydrogen-bond donors (Lipinski definition) is 0. The van der Waals surface area contributed by atoms with Crippen LogP contribution in [0.15, 0.2) is 36.4 Å². The highest BCUT2D eigenvalue weighted by atomic mass is 35.5. The second kappa shape index (κ2) is 5.45. The van der Waals surface area contributed by atoms with Gasteiger partial charge in [0.25, 0.3) is 0 Å². The predicted molar refractivity (Wildman–Crippen MR) is 77.4 cm³/mol. The Morgan fingerprint density at radius 1 is 1.05 bits per heavy atom. The summed E-state index contributed by atoms with van der Waals surface area (Å²) >= 11 is 5.96. The highest BCUT2D eigenvalue weighted by molar-refractivity contribution is 6.31. The molecule has 0 aliphatic carbocycles. The second-order valence-corrected chi connectivity index (χ2v) is 4.91. The van der Waals surface area contributed by atoms with Gasteiger partial charge < -0.3 is 4.74 Å². The Kier molecular flexibility index (Phi) is 3.91. The van der Waals surface area contributed by atoms with E-state index in [2.05, 4.69) is 0 Å². The molecule has 0 heterocycles. The molecule has 0 radical (unpaired) electrons. The number of rotatable bonds is 3. The molecule has 19 heavy (non-hydrogen) atoms. The molecule has 0 N–H and O–H groups in total. The third-order valence-corrected chi connectivity index (χ3v) is 3.34. The summed E-state index contributed by atoms with van der Waals surface area (Å²) in [5, 5.41) is 0.569. The maximum Gasteiger partial charge on any atom is 0.193 e. The summed E-state index contributed by atoms with van der Waals surface area (Å²) in [4.78, 5) is 12.5. The number of halogens is 1. The molecule has 0 bridgehead atoms. The molecule has 0 saturated heterocycles. The van der Waals surface area contributed by atoms with Gasteiger partial charge in [0.05, 0.1) is 7.11 Å². The van der Waals surface area contributed by atoms with Crippen LogP contribution in [0.5, 0.6) is 5.75 Å². The molecule has 0 aliphatic heterocycles. The van der Waals surface area contributed by atoms with Crippen LogP contribution >= 0.6 is 11.6 Å². The second-order valence-electron chi connectivity index (χ2n) is 4.47. The van der Waals surface area contributed by atoms with Crippen LogP contribution in [-0.4, -0.2) is 12.9 Å². The lowest BCUT2D eigenvalue weighted by atomic mass is 9.98. The quantitative estimate of drug-likeness (QED) is 0.784. The highest BCUT2D eigenvalue weighted by Crippen LogP contribution is 2.23. The minimum absolute atomic E-state index is 0.0225. The van der Waals surface area contributed by atoms with Gasteiger partial charge in [0.2, 0.25) is 0 Å². The van der Waals surface area contributed by atoms with Crippen molar-refractivity contribution in [1.82, 2.24) is 0 Å². The Labute approximate surface area is 118 Å². The van der Waals surface area contributed by atoms with Crippen molar-refractivity contribution in [2.24, 2.45) is 0 Å². The highest BCUT2D eigenvalue weighted by Gasteiger charge is 2.13. The fraction of sp³-hybridized carbons (Fsp3) is 0.188. The molecule has 0 amide bonds. The van der Waals surface area contributed by atoms with Crippen molar-refractivity contribution < 1.29 is 9.53 Å². The number of carbonyl (C=O) groups excluding carboxylic acids is 1. The van der Waals surface area contributed by atoms with Crippen LogP contribution in [0.3, 0.4) is 0 Å². The Bertz CT molecular complexity index is 633. The Hall–Kier alpha value is -1.80. The summed E-state index contributed by atoms with van der Waals surface area (Å²) < 4.78 is 5.20. The Balaban J connectivity index is 2.44. The molecule has 0 aliphatic rings. The van der Waals surface area contributed by atoms with E-state index in [9.17, 15) is 4.79 Å². The van der Waals surface area contributed by atoms with E-state index in [1.165, 1.54) is 0 Å². The third kappa shape index (κ3) is 2.79. The van der Waals surface area contributed by atoms with Gasteiger partial charge in [0.15, 0.2) is 5.78 Å². The van der Waals surface area contributed by atoms with Gasteiger partial charge in [0, 0.05) is 16.1 Å². The smallest absolute Gasteiger partial charge is 0.193 e. The average molecular weight is 275 g/mol. The zero-order valence-electron chi connectivity index (χ0n) is 11.2. The first-order valence-electron chi connectivity index (χ1n) is 5.98. The molecule has 0 aromatic heterocycles. The van der Waals surface area contributed by atoms with Gasteiger partial charge in [-0.05, 0) is 55.3 Å². The molecule has 2 aromatic rings.